The Morgan fingerprint density at radius 2 is 1.76 bits per heavy atom. The van der Waals surface area contributed by atoms with E-state index in [-0.39, 0.29) is 5.69 Å². The van der Waals surface area contributed by atoms with E-state index in [2.05, 4.69) is 47.2 Å². The van der Waals surface area contributed by atoms with Gasteiger partial charge in [0.2, 0.25) is 0 Å². The molecule has 0 fully saturated rings. The predicted octanol–water partition coefficient (Wildman–Crippen LogP) is 8.84. The van der Waals surface area contributed by atoms with Gasteiger partial charge >= 0.3 is 6.18 Å². The van der Waals surface area contributed by atoms with Crippen LogP contribution < -0.4 is 0 Å². The number of aryl methyl sites for hydroxylation is 2. The first-order valence-corrected chi connectivity index (χ1v) is 12.9. The van der Waals surface area contributed by atoms with E-state index in [1.807, 2.05) is 23.5 Å². The van der Waals surface area contributed by atoms with Crippen LogP contribution in [0.4, 0.5) is 13.2 Å². The number of halogens is 3. The number of rotatable bonds is 10. The van der Waals surface area contributed by atoms with Crippen LogP contribution in [0.25, 0.3) is 32.6 Å². The van der Waals surface area contributed by atoms with Gasteiger partial charge in [-0.05, 0) is 60.4 Å². The van der Waals surface area contributed by atoms with Crippen LogP contribution in [0.15, 0.2) is 42.6 Å². The fraction of sp³-hybridized carbons (Fsp3) is 0.407. The fourth-order valence-electron chi connectivity index (χ4n) is 4.32. The molecule has 3 heterocycles. The summed E-state index contributed by atoms with van der Waals surface area (Å²) in [4.78, 5) is 6.89. The molecule has 180 valence electrons. The first-order chi connectivity index (χ1) is 16.4. The fourth-order valence-corrected chi connectivity index (χ4v) is 5.68. The predicted molar refractivity (Wildman–Crippen MR) is 134 cm³/mol. The third-order valence-electron chi connectivity index (χ3n) is 6.13. The lowest BCUT2D eigenvalue weighted by Crippen LogP contribution is -2.04. The Kier molecular flexibility index (Phi) is 7.71. The van der Waals surface area contributed by atoms with Crippen molar-refractivity contribution in [2.45, 2.75) is 71.4 Å². The molecule has 1 N–H and O–H groups in total. The first-order valence-electron chi connectivity index (χ1n) is 12.0. The maximum absolute atomic E-state index is 13.0. The molecule has 4 rings (SSSR count). The van der Waals surface area contributed by atoms with Gasteiger partial charge in [0.25, 0.3) is 0 Å². The summed E-state index contributed by atoms with van der Waals surface area (Å²) in [6.45, 7) is 4.42. The van der Waals surface area contributed by atoms with E-state index in [9.17, 15) is 13.2 Å². The second-order valence-corrected chi connectivity index (χ2v) is 9.81. The van der Waals surface area contributed by atoms with Crippen LogP contribution in [-0.2, 0) is 19.0 Å². The summed E-state index contributed by atoms with van der Waals surface area (Å²) in [6.07, 6.45) is 6.33. The normalized spacial score (nSPS) is 12.0. The Balaban J connectivity index is 1.77. The van der Waals surface area contributed by atoms with Gasteiger partial charge in [-0.2, -0.15) is 18.3 Å². The van der Waals surface area contributed by atoms with E-state index >= 15 is 0 Å². The lowest BCUT2D eigenvalue weighted by atomic mass is 9.97. The number of unbranched alkanes of at least 4 members (excludes halogenated alkanes) is 4. The minimum absolute atomic E-state index is 0.265. The molecule has 0 aliphatic heterocycles. The lowest BCUT2D eigenvalue weighted by Gasteiger charge is -2.07. The highest BCUT2D eigenvalue weighted by Gasteiger charge is 2.34. The summed E-state index contributed by atoms with van der Waals surface area (Å²) < 4.78 is 39.1. The molecule has 0 saturated carbocycles. The monoisotopic (exact) mass is 485 g/mol. The Labute approximate surface area is 202 Å². The summed E-state index contributed by atoms with van der Waals surface area (Å²) in [7, 11) is 0. The molecule has 7 heteroatoms. The highest BCUT2D eigenvalue weighted by atomic mass is 32.1. The second-order valence-electron chi connectivity index (χ2n) is 8.70. The van der Waals surface area contributed by atoms with Gasteiger partial charge in [-0.25, -0.2) is 0 Å². The smallest absolute Gasteiger partial charge is 0.276 e. The van der Waals surface area contributed by atoms with Crippen molar-refractivity contribution in [2.75, 3.05) is 0 Å². The van der Waals surface area contributed by atoms with Gasteiger partial charge in [-0.15, -0.1) is 11.3 Å². The van der Waals surface area contributed by atoms with Gasteiger partial charge < -0.3 is 0 Å². The van der Waals surface area contributed by atoms with Gasteiger partial charge in [-0.1, -0.05) is 57.7 Å². The molecule has 0 aliphatic carbocycles. The molecule has 0 spiro atoms. The standard InChI is InChI=1S/C27H30F3N3S/c1-3-5-7-8-13-23-20-12-9-11-18(10-6-4-2)25(20)26(34-23)19-14-15-31-21(16-19)22-17-24(33-32-22)27(28,29)30/h9,11-12,14-17H,3-8,10,13H2,1-2H3,(H,32,33). The number of aromatic amines is 1. The van der Waals surface area contributed by atoms with Crippen molar-refractivity contribution in [3.63, 3.8) is 0 Å². The zero-order valence-electron chi connectivity index (χ0n) is 19.6. The Hall–Kier alpha value is -2.67. The van der Waals surface area contributed by atoms with E-state index in [1.165, 1.54) is 45.4 Å². The second kappa shape index (κ2) is 10.7. The Morgan fingerprint density at radius 3 is 2.50 bits per heavy atom. The van der Waals surface area contributed by atoms with Crippen LogP contribution in [0.1, 0.15) is 68.5 Å². The molecular weight excluding hydrogens is 455 g/mol. The number of benzene rings is 1. The number of fused-ring (bicyclic) bond motifs is 1. The average molecular weight is 486 g/mol. The van der Waals surface area contributed by atoms with Crippen LogP contribution in [0.5, 0.6) is 0 Å². The van der Waals surface area contributed by atoms with Crippen molar-refractivity contribution in [3.8, 4) is 21.8 Å². The molecule has 0 unspecified atom stereocenters. The van der Waals surface area contributed by atoms with E-state index in [0.29, 0.717) is 5.69 Å². The summed E-state index contributed by atoms with van der Waals surface area (Å²) in [5.41, 5.74) is 2.10. The Morgan fingerprint density at radius 1 is 0.941 bits per heavy atom. The zero-order valence-corrected chi connectivity index (χ0v) is 20.5. The topological polar surface area (TPSA) is 41.6 Å². The molecule has 0 saturated heterocycles. The highest BCUT2D eigenvalue weighted by Crippen LogP contribution is 2.42. The van der Waals surface area contributed by atoms with Crippen molar-refractivity contribution in [3.05, 3.63) is 58.7 Å². The van der Waals surface area contributed by atoms with Crippen molar-refractivity contribution >= 4 is 22.1 Å². The average Bonchev–Trinajstić information content (AvgIpc) is 3.47. The maximum atomic E-state index is 13.0. The molecule has 3 aromatic heterocycles. The largest absolute Gasteiger partial charge is 0.435 e. The number of pyridine rings is 1. The number of thiophene rings is 1. The third-order valence-corrected chi connectivity index (χ3v) is 7.44. The lowest BCUT2D eigenvalue weighted by molar-refractivity contribution is -0.141. The number of aromatic nitrogens is 3. The van der Waals surface area contributed by atoms with Crippen molar-refractivity contribution < 1.29 is 13.2 Å². The molecule has 3 nitrogen and oxygen atoms in total. The summed E-state index contributed by atoms with van der Waals surface area (Å²) in [5.74, 6) is 0. The van der Waals surface area contributed by atoms with Crippen LogP contribution in [0, 0.1) is 0 Å². The SMILES string of the molecule is CCCCCCc1sc(-c2ccnc(-c3cc(C(F)(F)F)n[nH]3)c2)c2c(CCCC)cccc12. The number of nitrogens with zero attached hydrogens (tertiary/aromatic N) is 2. The highest BCUT2D eigenvalue weighted by molar-refractivity contribution is 7.17. The van der Waals surface area contributed by atoms with Crippen LogP contribution in [-0.4, -0.2) is 15.2 Å². The number of hydrogen-bond acceptors (Lipinski definition) is 3. The van der Waals surface area contributed by atoms with E-state index < -0.39 is 11.9 Å². The summed E-state index contributed by atoms with van der Waals surface area (Å²) in [5, 5.41) is 8.52. The van der Waals surface area contributed by atoms with E-state index in [4.69, 9.17) is 0 Å². The maximum Gasteiger partial charge on any atom is 0.435 e. The summed E-state index contributed by atoms with van der Waals surface area (Å²) >= 11 is 1.81. The molecule has 0 radical (unpaired) electrons. The molecule has 0 amide bonds. The zero-order chi connectivity index (χ0) is 24.1. The van der Waals surface area contributed by atoms with Gasteiger partial charge in [0.1, 0.15) is 0 Å². The van der Waals surface area contributed by atoms with Crippen LogP contribution in [0.3, 0.4) is 0 Å². The first kappa shape index (κ1) is 24.5. The third kappa shape index (κ3) is 5.35. The molecular formula is C27H30F3N3S. The number of hydrogen-bond donors (Lipinski definition) is 1. The molecule has 0 bridgehead atoms. The number of alkyl halides is 3. The van der Waals surface area contributed by atoms with Crippen LogP contribution in [0.2, 0.25) is 0 Å². The molecule has 0 aliphatic rings. The van der Waals surface area contributed by atoms with Crippen molar-refractivity contribution in [2.24, 2.45) is 0 Å². The van der Waals surface area contributed by atoms with Crippen LogP contribution >= 0.6 is 11.3 Å². The molecule has 0 atom stereocenters. The van der Waals surface area contributed by atoms with Gasteiger partial charge in [-0.3, -0.25) is 10.1 Å². The Bertz CT molecular complexity index is 1240. The van der Waals surface area contributed by atoms with Gasteiger partial charge in [0.05, 0.1) is 11.4 Å². The number of H-pyrrole nitrogens is 1. The molecule has 1 aromatic carbocycles. The van der Waals surface area contributed by atoms with E-state index in [0.717, 1.165) is 43.7 Å². The van der Waals surface area contributed by atoms with Gasteiger partial charge in [0, 0.05) is 21.3 Å². The molecule has 34 heavy (non-hydrogen) atoms. The molecule has 4 aromatic rings. The van der Waals surface area contributed by atoms with E-state index in [1.54, 1.807) is 6.20 Å². The summed E-state index contributed by atoms with van der Waals surface area (Å²) in [6, 6.07) is 11.4. The van der Waals surface area contributed by atoms with Crippen molar-refractivity contribution in [1.29, 1.82) is 0 Å². The van der Waals surface area contributed by atoms with Crippen molar-refractivity contribution in [1.82, 2.24) is 15.2 Å². The van der Waals surface area contributed by atoms with Gasteiger partial charge in [0.15, 0.2) is 5.69 Å². The number of nitrogens with one attached hydrogen (secondary N) is 1. The minimum atomic E-state index is -4.49. The quantitative estimate of drug-likeness (QED) is 0.228. The minimum Gasteiger partial charge on any atom is -0.276 e.